The molecule has 126 valence electrons. The minimum atomic E-state index is -0.447. The standard InChI is InChI=1S/C15H10N4O4S2/c20-18(21)11-3-1-10(2-4-11)13-9-24-15(17-13)16-8-7-12-5-6-14(25-12)19(22)23/h1-9H,(H,16,17)/b8-7+. The highest BCUT2D eigenvalue weighted by Crippen LogP contribution is 2.27. The first-order chi connectivity index (χ1) is 12.0. The molecule has 0 unspecified atom stereocenters. The Hall–Kier alpha value is -3.11. The van der Waals surface area contributed by atoms with Crippen LogP contribution < -0.4 is 5.32 Å². The van der Waals surface area contributed by atoms with Crippen LogP contribution in [0.5, 0.6) is 0 Å². The van der Waals surface area contributed by atoms with Crippen LogP contribution in [0.25, 0.3) is 17.3 Å². The monoisotopic (exact) mass is 374 g/mol. The molecule has 8 nitrogen and oxygen atoms in total. The van der Waals surface area contributed by atoms with E-state index >= 15 is 0 Å². The Morgan fingerprint density at radius 3 is 2.44 bits per heavy atom. The van der Waals surface area contributed by atoms with Gasteiger partial charge in [-0.25, -0.2) is 4.98 Å². The molecule has 0 saturated heterocycles. The molecule has 0 atom stereocenters. The smallest absolute Gasteiger partial charge is 0.324 e. The number of nitro groups is 2. The Kier molecular flexibility index (Phi) is 4.82. The second-order valence-corrected chi connectivity index (χ2v) is 6.70. The van der Waals surface area contributed by atoms with Gasteiger partial charge < -0.3 is 5.32 Å². The highest BCUT2D eigenvalue weighted by Gasteiger charge is 2.09. The fraction of sp³-hybridized carbons (Fsp3) is 0. The van der Waals surface area contributed by atoms with Crippen LogP contribution in [0.1, 0.15) is 4.88 Å². The molecule has 0 bridgehead atoms. The summed E-state index contributed by atoms with van der Waals surface area (Å²) in [4.78, 5) is 25.6. The summed E-state index contributed by atoms with van der Waals surface area (Å²) in [6.07, 6.45) is 3.39. The van der Waals surface area contributed by atoms with E-state index in [1.54, 1.807) is 30.5 Å². The van der Waals surface area contributed by atoms with Gasteiger partial charge in [-0.3, -0.25) is 20.2 Å². The first-order valence-electron chi connectivity index (χ1n) is 6.90. The van der Waals surface area contributed by atoms with E-state index in [4.69, 9.17) is 0 Å². The fourth-order valence-corrected chi connectivity index (χ4v) is 3.37. The molecular weight excluding hydrogens is 364 g/mol. The van der Waals surface area contributed by atoms with Crippen LogP contribution >= 0.6 is 22.7 Å². The fourth-order valence-electron chi connectivity index (χ4n) is 1.95. The van der Waals surface area contributed by atoms with Gasteiger partial charge in [-0.15, -0.1) is 11.3 Å². The van der Waals surface area contributed by atoms with Gasteiger partial charge in [0.2, 0.25) is 0 Å². The Labute approximate surface area is 149 Å². The molecule has 10 heteroatoms. The summed E-state index contributed by atoms with van der Waals surface area (Å²) >= 11 is 2.47. The molecule has 1 N–H and O–H groups in total. The molecule has 25 heavy (non-hydrogen) atoms. The minimum absolute atomic E-state index is 0.0327. The first-order valence-corrected chi connectivity index (χ1v) is 8.60. The van der Waals surface area contributed by atoms with Gasteiger partial charge in [-0.2, -0.15) is 0 Å². The number of non-ortho nitro benzene ring substituents is 1. The third-order valence-electron chi connectivity index (χ3n) is 3.13. The minimum Gasteiger partial charge on any atom is -0.338 e. The highest BCUT2D eigenvalue weighted by molar-refractivity contribution is 7.16. The largest absolute Gasteiger partial charge is 0.338 e. The van der Waals surface area contributed by atoms with Crippen molar-refractivity contribution >= 4 is 44.6 Å². The maximum Gasteiger partial charge on any atom is 0.324 e. The van der Waals surface area contributed by atoms with E-state index in [1.807, 2.05) is 5.38 Å². The van der Waals surface area contributed by atoms with Crippen LogP contribution in [0.3, 0.4) is 0 Å². The van der Waals surface area contributed by atoms with Crippen molar-refractivity contribution in [1.29, 1.82) is 0 Å². The molecule has 3 rings (SSSR count). The SMILES string of the molecule is O=[N+]([O-])c1ccc(-c2csc(N/C=C/c3ccc([N+](=O)[O-])s3)n2)cc1. The summed E-state index contributed by atoms with van der Waals surface area (Å²) in [6.45, 7) is 0. The molecule has 0 aliphatic heterocycles. The molecule has 0 aliphatic rings. The summed E-state index contributed by atoms with van der Waals surface area (Å²) < 4.78 is 0. The van der Waals surface area contributed by atoms with Crippen molar-refractivity contribution < 1.29 is 9.85 Å². The Morgan fingerprint density at radius 2 is 1.80 bits per heavy atom. The molecule has 0 aliphatic carbocycles. The number of nitro benzene ring substituents is 1. The van der Waals surface area contributed by atoms with Crippen molar-refractivity contribution in [3.8, 4) is 11.3 Å². The van der Waals surface area contributed by atoms with Crippen LogP contribution in [-0.4, -0.2) is 14.8 Å². The van der Waals surface area contributed by atoms with Crippen molar-refractivity contribution in [2.45, 2.75) is 0 Å². The highest BCUT2D eigenvalue weighted by atomic mass is 32.1. The molecule has 0 fully saturated rings. The summed E-state index contributed by atoms with van der Waals surface area (Å²) in [5.74, 6) is 0. The van der Waals surface area contributed by atoms with Crippen LogP contribution in [0.4, 0.5) is 15.8 Å². The van der Waals surface area contributed by atoms with Crippen molar-refractivity contribution in [2.24, 2.45) is 0 Å². The Morgan fingerprint density at radius 1 is 1.04 bits per heavy atom. The second kappa shape index (κ2) is 7.20. The van der Waals surface area contributed by atoms with Crippen LogP contribution in [-0.2, 0) is 0 Å². The number of anilines is 1. The van der Waals surface area contributed by atoms with E-state index in [2.05, 4.69) is 10.3 Å². The lowest BCUT2D eigenvalue weighted by Crippen LogP contribution is -1.88. The number of hydrogen-bond donors (Lipinski definition) is 1. The number of rotatable bonds is 6. The van der Waals surface area contributed by atoms with Gasteiger partial charge in [0.25, 0.3) is 5.69 Å². The normalized spacial score (nSPS) is 10.9. The lowest BCUT2D eigenvalue weighted by molar-refractivity contribution is -0.384. The van der Waals surface area contributed by atoms with Gasteiger partial charge in [-0.05, 0) is 24.3 Å². The molecular formula is C15H10N4O4S2. The number of aromatic nitrogens is 1. The van der Waals surface area contributed by atoms with Gasteiger partial charge in [0, 0.05) is 40.2 Å². The van der Waals surface area contributed by atoms with E-state index in [0.717, 1.165) is 21.8 Å². The van der Waals surface area contributed by atoms with Crippen molar-refractivity contribution in [1.82, 2.24) is 4.98 Å². The predicted octanol–water partition coefficient (Wildman–Crippen LogP) is 4.77. The van der Waals surface area contributed by atoms with Crippen molar-refractivity contribution in [3.05, 3.63) is 73.1 Å². The zero-order valence-corrected chi connectivity index (χ0v) is 14.1. The van der Waals surface area contributed by atoms with Crippen LogP contribution in [0, 0.1) is 20.2 Å². The summed E-state index contributed by atoms with van der Waals surface area (Å²) in [5.41, 5.74) is 1.53. The average molecular weight is 374 g/mol. The number of nitrogens with zero attached hydrogens (tertiary/aromatic N) is 3. The lowest BCUT2D eigenvalue weighted by Gasteiger charge is -1.96. The predicted molar refractivity (Wildman–Crippen MR) is 97.8 cm³/mol. The summed E-state index contributed by atoms with van der Waals surface area (Å²) in [7, 11) is 0. The first kappa shape index (κ1) is 16.7. The number of thiazole rings is 1. The Balaban J connectivity index is 1.65. The van der Waals surface area contributed by atoms with Crippen molar-refractivity contribution in [3.63, 3.8) is 0 Å². The summed E-state index contributed by atoms with van der Waals surface area (Å²) in [6, 6.07) is 9.30. The van der Waals surface area contributed by atoms with Gasteiger partial charge in [0.15, 0.2) is 5.13 Å². The zero-order valence-electron chi connectivity index (χ0n) is 12.5. The molecule has 2 heterocycles. The van der Waals surface area contributed by atoms with E-state index in [9.17, 15) is 20.2 Å². The van der Waals surface area contributed by atoms with Gasteiger partial charge in [0.1, 0.15) is 0 Å². The number of hydrogen-bond acceptors (Lipinski definition) is 8. The number of benzene rings is 1. The van der Waals surface area contributed by atoms with Gasteiger partial charge >= 0.3 is 5.00 Å². The van der Waals surface area contributed by atoms with E-state index in [1.165, 1.54) is 29.5 Å². The third-order valence-corrected chi connectivity index (χ3v) is 4.90. The molecule has 1 aromatic carbocycles. The van der Waals surface area contributed by atoms with E-state index in [-0.39, 0.29) is 10.7 Å². The maximum atomic E-state index is 10.7. The van der Waals surface area contributed by atoms with Gasteiger partial charge in [-0.1, -0.05) is 11.3 Å². The lowest BCUT2D eigenvalue weighted by atomic mass is 10.1. The molecule has 2 aromatic heterocycles. The maximum absolute atomic E-state index is 10.7. The van der Waals surface area contributed by atoms with Crippen LogP contribution in [0.2, 0.25) is 0 Å². The Bertz CT molecular complexity index is 947. The topological polar surface area (TPSA) is 111 Å². The molecule has 0 amide bonds. The van der Waals surface area contributed by atoms with Gasteiger partial charge in [0.05, 0.1) is 15.5 Å². The van der Waals surface area contributed by atoms with E-state index in [0.29, 0.717) is 10.8 Å². The van der Waals surface area contributed by atoms with Crippen LogP contribution in [0.15, 0.2) is 48.0 Å². The number of thiophene rings is 1. The molecule has 0 saturated carbocycles. The second-order valence-electron chi connectivity index (χ2n) is 4.75. The van der Waals surface area contributed by atoms with Crippen molar-refractivity contribution in [2.75, 3.05) is 5.32 Å². The summed E-state index contributed by atoms with van der Waals surface area (Å²) in [5, 5.41) is 26.9. The van der Waals surface area contributed by atoms with E-state index < -0.39 is 9.85 Å². The number of nitrogens with one attached hydrogen (secondary N) is 1. The zero-order chi connectivity index (χ0) is 17.8. The average Bonchev–Trinajstić information content (AvgIpc) is 3.25. The quantitative estimate of drug-likeness (QED) is 0.491. The molecule has 0 radical (unpaired) electrons. The molecule has 0 spiro atoms. The molecule has 3 aromatic rings. The third kappa shape index (κ3) is 4.05.